The van der Waals surface area contributed by atoms with Crippen LogP contribution in [0.3, 0.4) is 0 Å². The molecule has 0 amide bonds. The fourth-order valence-corrected chi connectivity index (χ4v) is 0.901. The Morgan fingerprint density at radius 3 is 2.85 bits per heavy atom. The molecule has 0 N–H and O–H groups in total. The predicted molar refractivity (Wildman–Crippen MR) is 41.7 cm³/mol. The Labute approximate surface area is 78.1 Å². The second-order valence-electron chi connectivity index (χ2n) is 2.14. The molecule has 4 nitrogen and oxygen atoms in total. The van der Waals surface area contributed by atoms with Gasteiger partial charge in [-0.25, -0.2) is 4.79 Å². The Hall–Kier alpha value is -1.36. The zero-order chi connectivity index (χ0) is 10.0. The minimum absolute atomic E-state index is 0.0251. The summed E-state index contributed by atoms with van der Waals surface area (Å²) in [6.07, 6.45) is 0. The maximum Gasteiger partial charge on any atom is 0.404 e. The molecule has 13 heavy (non-hydrogen) atoms. The van der Waals surface area contributed by atoms with Crippen LogP contribution in [-0.4, -0.2) is 13.1 Å². The Kier molecular flexibility index (Phi) is 2.67. The minimum atomic E-state index is -0.885. The van der Waals surface area contributed by atoms with Crippen molar-refractivity contribution in [3.63, 3.8) is 0 Å². The number of hydrogen-bond acceptors (Lipinski definition) is 3. The van der Waals surface area contributed by atoms with Crippen molar-refractivity contribution in [2.24, 2.45) is 0 Å². The van der Waals surface area contributed by atoms with Crippen LogP contribution in [0.15, 0.2) is 12.1 Å². The molecule has 70 valence electrons. The molecule has 1 aromatic rings. The lowest BCUT2D eigenvalue weighted by molar-refractivity contribution is -0.607. The first-order valence-corrected chi connectivity index (χ1v) is 3.61. The number of rotatable bonds is 1. The predicted octanol–water partition coefficient (Wildman–Crippen LogP) is 0.899. The Morgan fingerprint density at radius 1 is 1.69 bits per heavy atom. The molecule has 1 aromatic heterocycles. The van der Waals surface area contributed by atoms with Crippen LogP contribution in [0, 0.1) is 11.0 Å². The first-order valence-electron chi connectivity index (χ1n) is 3.23. The van der Waals surface area contributed by atoms with Crippen molar-refractivity contribution in [3.05, 3.63) is 34.0 Å². The molecule has 1 heterocycles. The first kappa shape index (κ1) is 9.73. The van der Waals surface area contributed by atoms with Gasteiger partial charge in [0.1, 0.15) is 0 Å². The monoisotopic (exact) mass is 205 g/mol. The summed E-state index contributed by atoms with van der Waals surface area (Å²) in [7, 11) is 1.11. The molecular formula is C7H5ClFNO3. The van der Waals surface area contributed by atoms with Gasteiger partial charge >= 0.3 is 16.8 Å². The molecule has 1 rings (SSSR count). The zero-order valence-corrected chi connectivity index (χ0v) is 7.34. The maximum absolute atomic E-state index is 12.6. The molecule has 0 aliphatic heterocycles. The molecule has 0 bridgehead atoms. The van der Waals surface area contributed by atoms with Gasteiger partial charge in [-0.1, -0.05) is 0 Å². The lowest BCUT2D eigenvalue weighted by atomic mass is 10.3. The molecule has 6 heteroatoms. The van der Waals surface area contributed by atoms with E-state index in [2.05, 4.69) is 4.74 Å². The van der Waals surface area contributed by atoms with Crippen molar-refractivity contribution < 1.29 is 18.7 Å². The molecular weight excluding hydrogens is 201 g/mol. The van der Waals surface area contributed by atoms with Crippen LogP contribution in [0.4, 0.5) is 4.39 Å². The lowest BCUT2D eigenvalue weighted by Crippen LogP contribution is -2.37. The number of carbonyl (C=O) groups excluding carboxylic acids is 1. The van der Waals surface area contributed by atoms with Gasteiger partial charge in [-0.15, -0.1) is 4.73 Å². The van der Waals surface area contributed by atoms with Crippen molar-refractivity contribution in [2.75, 3.05) is 7.11 Å². The van der Waals surface area contributed by atoms with E-state index < -0.39 is 16.9 Å². The van der Waals surface area contributed by atoms with E-state index in [-0.39, 0.29) is 10.4 Å². The van der Waals surface area contributed by atoms with Crippen molar-refractivity contribution in [1.82, 2.24) is 0 Å². The van der Waals surface area contributed by atoms with Crippen molar-refractivity contribution in [1.29, 1.82) is 0 Å². The SMILES string of the molecule is COC(=O)c1ccc(F)c(Cl)[n+]1[O-]. The van der Waals surface area contributed by atoms with Gasteiger partial charge in [-0.3, -0.25) is 0 Å². The summed E-state index contributed by atoms with van der Waals surface area (Å²) in [5.41, 5.74) is -0.353. The second kappa shape index (κ2) is 3.57. The largest absolute Gasteiger partial charge is 0.617 e. The summed E-state index contributed by atoms with van der Waals surface area (Å²) in [5, 5.41) is 10.4. The Bertz CT molecular complexity index is 356. The van der Waals surface area contributed by atoms with Crippen molar-refractivity contribution >= 4 is 17.6 Å². The summed E-state index contributed by atoms with van der Waals surface area (Å²) in [6, 6.07) is 1.92. The minimum Gasteiger partial charge on any atom is -0.617 e. The van der Waals surface area contributed by atoms with Crippen molar-refractivity contribution in [2.45, 2.75) is 0 Å². The third-order valence-electron chi connectivity index (χ3n) is 1.38. The van der Waals surface area contributed by atoms with Gasteiger partial charge in [0.05, 0.1) is 7.11 Å². The van der Waals surface area contributed by atoms with Gasteiger partial charge in [0.25, 0.3) is 0 Å². The van der Waals surface area contributed by atoms with Gasteiger partial charge in [0, 0.05) is 6.07 Å². The second-order valence-corrected chi connectivity index (χ2v) is 2.50. The Morgan fingerprint density at radius 2 is 2.31 bits per heavy atom. The summed E-state index contributed by atoms with van der Waals surface area (Å²) >= 11 is 5.25. The molecule has 0 aliphatic carbocycles. The quantitative estimate of drug-likeness (QED) is 0.296. The molecule has 0 spiro atoms. The van der Waals surface area contributed by atoms with E-state index in [0.29, 0.717) is 0 Å². The average molecular weight is 206 g/mol. The van der Waals surface area contributed by atoms with Gasteiger partial charge in [0.15, 0.2) is 0 Å². The van der Waals surface area contributed by atoms with E-state index in [1.165, 1.54) is 0 Å². The van der Waals surface area contributed by atoms with Gasteiger partial charge in [-0.05, 0) is 17.7 Å². The van der Waals surface area contributed by atoms with E-state index in [1.54, 1.807) is 0 Å². The molecule has 0 saturated carbocycles. The number of nitrogens with zero attached hydrogens (tertiary/aromatic N) is 1. The van der Waals surface area contributed by atoms with E-state index in [1.807, 2.05) is 0 Å². The molecule has 0 unspecified atom stereocenters. The number of methoxy groups -OCH3 is 1. The number of ether oxygens (including phenoxy) is 1. The van der Waals surface area contributed by atoms with E-state index in [9.17, 15) is 14.4 Å². The molecule has 0 aromatic carbocycles. The van der Waals surface area contributed by atoms with Gasteiger partial charge in [-0.2, -0.15) is 4.39 Å². The fourth-order valence-electron chi connectivity index (χ4n) is 0.747. The third kappa shape index (κ3) is 1.70. The van der Waals surface area contributed by atoms with Crippen molar-refractivity contribution in [3.8, 4) is 0 Å². The standard InChI is InChI=1S/C7H5ClFNO3/c1-13-7(11)5-3-2-4(9)6(8)10(5)12/h2-3H,1H3. The smallest absolute Gasteiger partial charge is 0.404 e. The number of carbonyl (C=O) groups is 1. The Balaban J connectivity index is 3.26. The highest BCUT2D eigenvalue weighted by Gasteiger charge is 2.21. The number of esters is 1. The highest BCUT2D eigenvalue weighted by atomic mass is 35.5. The van der Waals surface area contributed by atoms with E-state index in [4.69, 9.17) is 11.6 Å². The normalized spacial score (nSPS) is 9.77. The van der Waals surface area contributed by atoms with Crippen LogP contribution in [-0.2, 0) is 4.74 Å². The third-order valence-corrected chi connectivity index (χ3v) is 1.71. The molecule has 0 aliphatic rings. The number of hydrogen-bond donors (Lipinski definition) is 0. The molecule has 0 fully saturated rings. The molecule has 0 atom stereocenters. The summed E-state index contributed by atoms with van der Waals surface area (Å²) in [5.74, 6) is -1.75. The van der Waals surface area contributed by atoms with E-state index in [0.717, 1.165) is 19.2 Å². The van der Waals surface area contributed by atoms with Gasteiger partial charge < -0.3 is 9.94 Å². The first-order chi connectivity index (χ1) is 6.07. The average Bonchev–Trinajstić information content (AvgIpc) is 2.13. The molecule has 0 saturated heterocycles. The highest BCUT2D eigenvalue weighted by Crippen LogP contribution is 2.09. The van der Waals surface area contributed by atoms with Gasteiger partial charge in [0.2, 0.25) is 5.82 Å². The summed E-state index contributed by atoms with van der Waals surface area (Å²) < 4.78 is 16.9. The van der Waals surface area contributed by atoms with E-state index >= 15 is 0 Å². The van der Waals surface area contributed by atoms with Crippen LogP contribution in [0.2, 0.25) is 5.15 Å². The lowest BCUT2D eigenvalue weighted by Gasteiger charge is -2.03. The summed E-state index contributed by atoms with van der Waals surface area (Å²) in [6.45, 7) is 0. The fraction of sp³-hybridized carbons (Fsp3) is 0.143. The zero-order valence-electron chi connectivity index (χ0n) is 6.58. The van der Waals surface area contributed by atoms with Crippen LogP contribution in [0.1, 0.15) is 10.5 Å². The number of halogens is 2. The maximum atomic E-state index is 12.6. The highest BCUT2D eigenvalue weighted by molar-refractivity contribution is 6.28. The van der Waals surface area contributed by atoms with Crippen LogP contribution in [0.25, 0.3) is 0 Å². The van der Waals surface area contributed by atoms with Crippen LogP contribution < -0.4 is 4.73 Å². The van der Waals surface area contributed by atoms with Crippen LogP contribution in [0.5, 0.6) is 0 Å². The number of pyridine rings is 1. The van der Waals surface area contributed by atoms with Crippen LogP contribution >= 0.6 is 11.6 Å². The summed E-state index contributed by atoms with van der Waals surface area (Å²) in [4.78, 5) is 10.9. The molecule has 0 radical (unpaired) electrons. The topological polar surface area (TPSA) is 53.2 Å². The number of aromatic nitrogens is 1.